The highest BCUT2D eigenvalue weighted by Gasteiger charge is 2.24. The minimum absolute atomic E-state index is 0.739. The number of fused-ring (bicyclic) bond motifs is 1. The van der Waals surface area contributed by atoms with Crippen molar-refractivity contribution in [3.05, 3.63) is 24.3 Å². The molecule has 0 radical (unpaired) electrons. The molecule has 1 aromatic heterocycles. The van der Waals surface area contributed by atoms with Crippen molar-refractivity contribution < 1.29 is 4.74 Å². The van der Waals surface area contributed by atoms with Gasteiger partial charge >= 0.3 is 0 Å². The molecule has 1 saturated carbocycles. The van der Waals surface area contributed by atoms with E-state index >= 15 is 0 Å². The van der Waals surface area contributed by atoms with Crippen molar-refractivity contribution in [3.63, 3.8) is 0 Å². The van der Waals surface area contributed by atoms with Gasteiger partial charge in [0.2, 0.25) is 0 Å². The van der Waals surface area contributed by atoms with Crippen LogP contribution in [0, 0.1) is 5.92 Å². The molecule has 1 fully saturated rings. The van der Waals surface area contributed by atoms with E-state index in [9.17, 15) is 0 Å². The highest BCUT2D eigenvalue weighted by molar-refractivity contribution is 5.76. The molecule has 0 spiro atoms. The average molecular weight is 202 g/mol. The van der Waals surface area contributed by atoms with Crippen LogP contribution in [0.2, 0.25) is 0 Å². The molecule has 1 heterocycles. The first-order chi connectivity index (χ1) is 7.38. The Morgan fingerprint density at radius 3 is 2.93 bits per heavy atom. The number of ether oxygens (including phenoxy) is 1. The van der Waals surface area contributed by atoms with Crippen molar-refractivity contribution in [2.24, 2.45) is 5.92 Å². The fourth-order valence-corrected chi connectivity index (χ4v) is 1.94. The summed E-state index contributed by atoms with van der Waals surface area (Å²) < 4.78 is 7.50. The maximum absolute atomic E-state index is 5.31. The Bertz CT molecular complexity index is 485. The Hall–Kier alpha value is -1.51. The van der Waals surface area contributed by atoms with Gasteiger partial charge in [-0.3, -0.25) is 4.57 Å². The van der Waals surface area contributed by atoms with E-state index in [1.54, 1.807) is 7.11 Å². The number of benzene rings is 1. The number of aromatic nitrogens is 2. The number of rotatable bonds is 3. The van der Waals surface area contributed by atoms with Crippen molar-refractivity contribution in [2.75, 3.05) is 7.11 Å². The molecule has 1 aliphatic carbocycles. The van der Waals surface area contributed by atoms with E-state index in [2.05, 4.69) is 15.6 Å². The molecule has 0 saturated heterocycles. The predicted octanol–water partition coefficient (Wildman–Crippen LogP) is 2.45. The molecular formula is C12H14N2O. The van der Waals surface area contributed by atoms with Gasteiger partial charge in [-0.1, -0.05) is 12.1 Å². The molecule has 0 atom stereocenters. The van der Waals surface area contributed by atoms with Crippen LogP contribution in [0.4, 0.5) is 0 Å². The number of hydrogen-bond acceptors (Lipinski definition) is 2. The summed E-state index contributed by atoms with van der Waals surface area (Å²) in [4.78, 5) is 4.45. The molecule has 15 heavy (non-hydrogen) atoms. The van der Waals surface area contributed by atoms with Gasteiger partial charge in [-0.15, -0.1) is 0 Å². The topological polar surface area (TPSA) is 27.1 Å². The second-order valence-corrected chi connectivity index (χ2v) is 4.14. The van der Waals surface area contributed by atoms with Gasteiger partial charge in [0.15, 0.2) is 0 Å². The van der Waals surface area contributed by atoms with Crippen LogP contribution < -0.4 is 4.74 Å². The minimum atomic E-state index is 0.739. The van der Waals surface area contributed by atoms with Gasteiger partial charge in [-0.05, 0) is 30.9 Å². The van der Waals surface area contributed by atoms with Crippen molar-refractivity contribution >= 4 is 11.0 Å². The third-order valence-electron chi connectivity index (χ3n) is 2.94. The van der Waals surface area contributed by atoms with E-state index in [1.165, 1.54) is 18.4 Å². The van der Waals surface area contributed by atoms with E-state index < -0.39 is 0 Å². The molecule has 3 heteroatoms. The normalized spacial score (nSPS) is 15.8. The smallest absolute Gasteiger partial charge is 0.297 e. The van der Waals surface area contributed by atoms with Crippen LogP contribution in [-0.2, 0) is 6.54 Å². The zero-order valence-corrected chi connectivity index (χ0v) is 8.81. The lowest BCUT2D eigenvalue weighted by Crippen LogP contribution is -2.02. The summed E-state index contributed by atoms with van der Waals surface area (Å²) in [6.45, 7) is 1.05. The van der Waals surface area contributed by atoms with Crippen LogP contribution in [0.25, 0.3) is 11.0 Å². The Balaban J connectivity index is 2.12. The summed E-state index contributed by atoms with van der Waals surface area (Å²) in [5.41, 5.74) is 2.20. The third kappa shape index (κ3) is 1.48. The zero-order valence-electron chi connectivity index (χ0n) is 8.81. The summed E-state index contributed by atoms with van der Waals surface area (Å²) in [5.74, 6) is 0.830. The standard InChI is InChI=1S/C12H14N2O/c1-15-12-13-10-4-2-3-5-11(10)14(12)8-9-6-7-9/h2-5,9H,6-8H2,1H3. The second kappa shape index (κ2) is 3.26. The van der Waals surface area contributed by atoms with Crippen molar-refractivity contribution in [2.45, 2.75) is 19.4 Å². The zero-order chi connectivity index (χ0) is 10.3. The summed E-state index contributed by atoms with van der Waals surface area (Å²) in [6.07, 6.45) is 2.69. The largest absolute Gasteiger partial charge is 0.468 e. The Morgan fingerprint density at radius 1 is 1.40 bits per heavy atom. The first-order valence-electron chi connectivity index (χ1n) is 5.38. The van der Waals surface area contributed by atoms with Crippen molar-refractivity contribution in [3.8, 4) is 6.01 Å². The SMILES string of the molecule is COc1nc2ccccc2n1CC1CC1. The van der Waals surface area contributed by atoms with Crippen molar-refractivity contribution in [1.29, 1.82) is 0 Å². The number of para-hydroxylation sites is 2. The highest BCUT2D eigenvalue weighted by Crippen LogP contribution is 2.33. The molecule has 0 unspecified atom stereocenters. The van der Waals surface area contributed by atoms with Crippen LogP contribution in [-0.4, -0.2) is 16.7 Å². The average Bonchev–Trinajstić information content (AvgIpc) is 3.01. The summed E-state index contributed by atoms with van der Waals surface area (Å²) in [5, 5.41) is 0. The molecule has 78 valence electrons. The van der Waals surface area contributed by atoms with Crippen LogP contribution in [0.5, 0.6) is 6.01 Å². The monoisotopic (exact) mass is 202 g/mol. The van der Waals surface area contributed by atoms with Gasteiger partial charge in [-0.2, -0.15) is 4.98 Å². The first-order valence-corrected chi connectivity index (χ1v) is 5.38. The Labute approximate surface area is 88.7 Å². The molecule has 3 nitrogen and oxygen atoms in total. The lowest BCUT2D eigenvalue weighted by atomic mass is 10.3. The molecule has 2 aromatic rings. The van der Waals surface area contributed by atoms with E-state index in [4.69, 9.17) is 4.74 Å². The molecule has 3 rings (SSSR count). The number of methoxy groups -OCH3 is 1. The lowest BCUT2D eigenvalue weighted by Gasteiger charge is -2.05. The summed E-state index contributed by atoms with van der Waals surface area (Å²) in [7, 11) is 1.69. The molecule has 0 aliphatic heterocycles. The quantitative estimate of drug-likeness (QED) is 0.764. The van der Waals surface area contributed by atoms with Crippen LogP contribution in [0.15, 0.2) is 24.3 Å². The molecule has 0 amide bonds. The van der Waals surface area contributed by atoms with E-state index in [0.29, 0.717) is 0 Å². The number of nitrogens with zero attached hydrogens (tertiary/aromatic N) is 2. The fraction of sp³-hybridized carbons (Fsp3) is 0.417. The molecule has 0 N–H and O–H groups in total. The van der Waals surface area contributed by atoms with Gasteiger partial charge in [0.25, 0.3) is 6.01 Å². The maximum Gasteiger partial charge on any atom is 0.297 e. The lowest BCUT2D eigenvalue weighted by molar-refractivity contribution is 0.356. The maximum atomic E-state index is 5.31. The predicted molar refractivity (Wildman–Crippen MR) is 59.0 cm³/mol. The van der Waals surface area contributed by atoms with Gasteiger partial charge < -0.3 is 4.74 Å². The van der Waals surface area contributed by atoms with Gasteiger partial charge in [0.05, 0.1) is 18.1 Å². The Kier molecular flexibility index (Phi) is 1.91. The second-order valence-electron chi connectivity index (χ2n) is 4.14. The molecular weight excluding hydrogens is 188 g/mol. The third-order valence-corrected chi connectivity index (χ3v) is 2.94. The molecule has 1 aromatic carbocycles. The van der Waals surface area contributed by atoms with E-state index in [0.717, 1.165) is 24.0 Å². The van der Waals surface area contributed by atoms with Crippen LogP contribution >= 0.6 is 0 Å². The van der Waals surface area contributed by atoms with Gasteiger partial charge in [0, 0.05) is 6.54 Å². The summed E-state index contributed by atoms with van der Waals surface area (Å²) >= 11 is 0. The first kappa shape index (κ1) is 8.77. The van der Waals surface area contributed by atoms with Crippen molar-refractivity contribution in [1.82, 2.24) is 9.55 Å². The summed E-state index contributed by atoms with van der Waals surface area (Å²) in [6, 6.07) is 8.93. The van der Waals surface area contributed by atoms with Gasteiger partial charge in [0.1, 0.15) is 0 Å². The van der Waals surface area contributed by atoms with Gasteiger partial charge in [-0.25, -0.2) is 0 Å². The molecule has 0 bridgehead atoms. The van der Waals surface area contributed by atoms with Crippen LogP contribution in [0.1, 0.15) is 12.8 Å². The number of imidazole rings is 1. The highest BCUT2D eigenvalue weighted by atomic mass is 16.5. The van der Waals surface area contributed by atoms with E-state index in [-0.39, 0.29) is 0 Å². The number of hydrogen-bond donors (Lipinski definition) is 0. The van der Waals surface area contributed by atoms with Crippen LogP contribution in [0.3, 0.4) is 0 Å². The minimum Gasteiger partial charge on any atom is -0.468 e. The molecule has 1 aliphatic rings. The Morgan fingerprint density at radius 2 is 2.20 bits per heavy atom. The fourth-order valence-electron chi connectivity index (χ4n) is 1.94. The van der Waals surface area contributed by atoms with E-state index in [1.807, 2.05) is 18.2 Å².